The number of benzene rings is 1. The molecule has 0 spiro atoms. The minimum atomic E-state index is -0.456. The summed E-state index contributed by atoms with van der Waals surface area (Å²) in [6.45, 7) is 4.92. The van der Waals surface area contributed by atoms with Gasteiger partial charge < -0.3 is 10.2 Å². The summed E-state index contributed by atoms with van der Waals surface area (Å²) in [6, 6.07) is 6.01. The Balaban J connectivity index is 1.40. The number of nitrogens with zero attached hydrogens (tertiary/aromatic N) is 6. The van der Waals surface area contributed by atoms with Crippen LogP contribution in [0.1, 0.15) is 25.3 Å². The monoisotopic (exact) mass is 467 g/mol. The number of rotatable bonds is 9. The molecule has 3 aromatic rings. The Morgan fingerprint density at radius 2 is 2.00 bits per heavy atom. The van der Waals surface area contributed by atoms with Crippen LogP contribution in [0.15, 0.2) is 41.7 Å². The summed E-state index contributed by atoms with van der Waals surface area (Å²) in [5.74, 6) is 1.57. The molecule has 3 heterocycles. The van der Waals surface area contributed by atoms with Crippen LogP contribution in [0.4, 0.5) is 11.5 Å². The summed E-state index contributed by atoms with van der Waals surface area (Å²) in [6.07, 6.45) is 7.16. The molecule has 10 nitrogen and oxygen atoms in total. The van der Waals surface area contributed by atoms with Crippen molar-refractivity contribution in [1.82, 2.24) is 25.1 Å². The fraction of sp³-hybridized carbons (Fsp3) is 0.364. The van der Waals surface area contributed by atoms with Crippen molar-refractivity contribution in [2.45, 2.75) is 31.5 Å². The van der Waals surface area contributed by atoms with E-state index in [1.807, 2.05) is 0 Å². The summed E-state index contributed by atoms with van der Waals surface area (Å²) in [5.41, 5.74) is 1.50. The number of hydrogen-bond acceptors (Lipinski definition) is 8. The van der Waals surface area contributed by atoms with Gasteiger partial charge in [0.15, 0.2) is 10.8 Å². The maximum absolute atomic E-state index is 12.2. The molecule has 1 fully saturated rings. The third-order valence-electron chi connectivity index (χ3n) is 5.29. The lowest BCUT2D eigenvalue weighted by Crippen LogP contribution is -2.26. The van der Waals surface area contributed by atoms with Gasteiger partial charge in [0.1, 0.15) is 5.82 Å². The van der Waals surface area contributed by atoms with Gasteiger partial charge in [-0.3, -0.25) is 14.9 Å². The average molecular weight is 468 g/mol. The largest absolute Gasteiger partial charge is 0.356 e. The number of fused-ring (bicyclic) bond motifs is 1. The second kappa shape index (κ2) is 10.4. The molecule has 0 unspecified atom stereocenters. The number of hydrogen-bond donors (Lipinski definition) is 1. The number of carbonyl (C=O) groups excluding carboxylic acids is 1. The molecule has 1 aromatic carbocycles. The first-order valence-corrected chi connectivity index (χ1v) is 11.9. The van der Waals surface area contributed by atoms with Gasteiger partial charge in [0.05, 0.1) is 23.1 Å². The number of nitro benzene ring substituents is 1. The summed E-state index contributed by atoms with van der Waals surface area (Å²) in [5, 5.41) is 19.7. The van der Waals surface area contributed by atoms with Gasteiger partial charge in [0, 0.05) is 37.8 Å². The number of aromatic nitrogens is 4. The predicted octanol–water partition coefficient (Wildman–Crippen LogP) is 3.28. The van der Waals surface area contributed by atoms with E-state index in [4.69, 9.17) is 9.97 Å². The van der Waals surface area contributed by atoms with E-state index in [1.54, 1.807) is 40.8 Å². The van der Waals surface area contributed by atoms with Gasteiger partial charge in [-0.1, -0.05) is 18.7 Å². The van der Waals surface area contributed by atoms with E-state index in [1.165, 1.54) is 18.2 Å². The van der Waals surface area contributed by atoms with Gasteiger partial charge in [0.25, 0.3) is 5.69 Å². The van der Waals surface area contributed by atoms with Crippen molar-refractivity contribution < 1.29 is 9.72 Å². The fourth-order valence-corrected chi connectivity index (χ4v) is 4.23. The summed E-state index contributed by atoms with van der Waals surface area (Å²) >= 11 is 1.60. The highest BCUT2D eigenvalue weighted by Crippen LogP contribution is 2.29. The zero-order valence-corrected chi connectivity index (χ0v) is 19.1. The lowest BCUT2D eigenvalue weighted by atomic mass is 10.2. The average Bonchev–Trinajstić information content (AvgIpc) is 3.48. The van der Waals surface area contributed by atoms with Crippen molar-refractivity contribution in [2.24, 2.45) is 0 Å². The molecule has 4 rings (SSSR count). The Labute approximate surface area is 195 Å². The maximum Gasteiger partial charge on any atom is 0.269 e. The van der Waals surface area contributed by atoms with Crippen LogP contribution < -0.4 is 10.2 Å². The minimum Gasteiger partial charge on any atom is -0.356 e. The van der Waals surface area contributed by atoms with E-state index < -0.39 is 4.92 Å². The standard InChI is InChI=1S/C22H25N7O3S/c1-2-33-22-25-20(27-12-3-4-13-27)18-15-24-28(21(18)26-22)14-11-23-19(30)10-7-16-5-8-17(9-6-16)29(31)32/h5-10,15H,2-4,11-14H2,1H3,(H,23,30). The first kappa shape index (κ1) is 22.7. The van der Waals surface area contributed by atoms with Crippen molar-refractivity contribution in [3.63, 3.8) is 0 Å². The summed E-state index contributed by atoms with van der Waals surface area (Å²) in [7, 11) is 0. The molecule has 2 aromatic heterocycles. The topological polar surface area (TPSA) is 119 Å². The van der Waals surface area contributed by atoms with Gasteiger partial charge in [-0.2, -0.15) is 5.10 Å². The summed E-state index contributed by atoms with van der Waals surface area (Å²) in [4.78, 5) is 34.2. The molecular weight excluding hydrogens is 442 g/mol. The zero-order chi connectivity index (χ0) is 23.2. The molecule has 0 radical (unpaired) electrons. The SMILES string of the molecule is CCSc1nc(N2CCCC2)c2cnn(CCNC(=O)C=Cc3ccc([N+](=O)[O-])cc3)c2n1. The van der Waals surface area contributed by atoms with Gasteiger partial charge in [-0.15, -0.1) is 0 Å². The normalized spacial score (nSPS) is 13.8. The predicted molar refractivity (Wildman–Crippen MR) is 128 cm³/mol. The molecule has 11 heteroatoms. The van der Waals surface area contributed by atoms with E-state index in [9.17, 15) is 14.9 Å². The molecule has 1 amide bonds. The van der Waals surface area contributed by atoms with Gasteiger partial charge >= 0.3 is 0 Å². The Bertz CT molecular complexity index is 1170. The molecule has 1 aliphatic rings. The van der Waals surface area contributed by atoms with Crippen LogP contribution in [0.2, 0.25) is 0 Å². The lowest BCUT2D eigenvalue weighted by molar-refractivity contribution is -0.384. The van der Waals surface area contributed by atoms with Crippen LogP contribution in [0.3, 0.4) is 0 Å². The van der Waals surface area contributed by atoms with Crippen molar-refractivity contribution in [2.75, 3.05) is 30.3 Å². The highest BCUT2D eigenvalue weighted by Gasteiger charge is 2.20. The van der Waals surface area contributed by atoms with Gasteiger partial charge in [-0.25, -0.2) is 14.6 Å². The lowest BCUT2D eigenvalue weighted by Gasteiger charge is -2.17. The number of non-ortho nitro benzene ring substituents is 1. The molecule has 0 saturated carbocycles. The molecule has 0 aliphatic carbocycles. The number of thioether (sulfide) groups is 1. The van der Waals surface area contributed by atoms with Crippen molar-refractivity contribution >= 4 is 46.3 Å². The molecule has 1 saturated heterocycles. The van der Waals surface area contributed by atoms with Crippen molar-refractivity contribution in [3.8, 4) is 0 Å². The van der Waals surface area contributed by atoms with Crippen LogP contribution in [0.25, 0.3) is 17.1 Å². The second-order valence-electron chi connectivity index (χ2n) is 7.53. The number of amides is 1. The molecule has 0 bridgehead atoms. The van der Waals surface area contributed by atoms with Crippen LogP contribution in [0.5, 0.6) is 0 Å². The van der Waals surface area contributed by atoms with Crippen molar-refractivity contribution in [1.29, 1.82) is 0 Å². The maximum atomic E-state index is 12.2. The number of nitrogens with one attached hydrogen (secondary N) is 1. The van der Waals surface area contributed by atoms with E-state index in [0.29, 0.717) is 18.7 Å². The first-order chi connectivity index (χ1) is 16.0. The molecule has 1 aliphatic heterocycles. The highest BCUT2D eigenvalue weighted by molar-refractivity contribution is 7.99. The van der Waals surface area contributed by atoms with E-state index in [0.717, 1.165) is 53.7 Å². The zero-order valence-electron chi connectivity index (χ0n) is 18.3. The molecule has 33 heavy (non-hydrogen) atoms. The van der Waals surface area contributed by atoms with Crippen molar-refractivity contribution in [3.05, 3.63) is 52.2 Å². The number of anilines is 1. The fourth-order valence-electron chi connectivity index (χ4n) is 3.67. The van der Waals surface area contributed by atoms with Crippen LogP contribution in [-0.4, -0.2) is 56.0 Å². The number of carbonyl (C=O) groups is 1. The molecule has 172 valence electrons. The quantitative estimate of drug-likeness (QED) is 0.167. The number of nitro groups is 1. The third kappa shape index (κ3) is 5.48. The Kier molecular flexibility index (Phi) is 7.18. The van der Waals surface area contributed by atoms with Gasteiger partial charge in [0.2, 0.25) is 5.91 Å². The van der Waals surface area contributed by atoms with E-state index in [-0.39, 0.29) is 11.6 Å². The molecule has 1 N–H and O–H groups in total. The van der Waals surface area contributed by atoms with E-state index in [2.05, 4.69) is 22.2 Å². The van der Waals surface area contributed by atoms with Gasteiger partial charge in [-0.05, 0) is 42.4 Å². The second-order valence-corrected chi connectivity index (χ2v) is 8.77. The smallest absolute Gasteiger partial charge is 0.269 e. The molecule has 0 atom stereocenters. The summed E-state index contributed by atoms with van der Waals surface area (Å²) < 4.78 is 1.80. The van der Waals surface area contributed by atoms with Crippen LogP contribution >= 0.6 is 11.8 Å². The van der Waals surface area contributed by atoms with Crippen LogP contribution in [0, 0.1) is 10.1 Å². The first-order valence-electron chi connectivity index (χ1n) is 10.9. The van der Waals surface area contributed by atoms with Crippen LogP contribution in [-0.2, 0) is 11.3 Å². The van der Waals surface area contributed by atoms with E-state index >= 15 is 0 Å². The highest BCUT2D eigenvalue weighted by atomic mass is 32.2. The molecular formula is C22H25N7O3S. The third-order valence-corrected chi connectivity index (χ3v) is 6.02. The Morgan fingerprint density at radius 1 is 1.24 bits per heavy atom. The Hall–Kier alpha value is -3.47. The Morgan fingerprint density at radius 3 is 2.70 bits per heavy atom. The minimum absolute atomic E-state index is 0.0141.